The molecule has 2 rings (SSSR count). The first-order valence-electron chi connectivity index (χ1n) is 8.21. The van der Waals surface area contributed by atoms with E-state index < -0.39 is 10.2 Å². The van der Waals surface area contributed by atoms with Gasteiger partial charge in [-0.05, 0) is 45.2 Å². The van der Waals surface area contributed by atoms with Crippen LogP contribution in [-0.2, 0) is 10.2 Å². The zero-order valence-electron chi connectivity index (χ0n) is 13.3. The smallest absolute Gasteiger partial charge is 0.279 e. The van der Waals surface area contributed by atoms with Crippen LogP contribution in [0.1, 0.15) is 39.0 Å². The van der Waals surface area contributed by atoms with Gasteiger partial charge in [-0.15, -0.1) is 0 Å². The maximum absolute atomic E-state index is 12.3. The minimum Gasteiger partial charge on any atom is -0.317 e. The minimum atomic E-state index is -3.34. The molecular formula is C14H30N4O2S. The van der Waals surface area contributed by atoms with Crippen LogP contribution in [0.3, 0.4) is 0 Å². The van der Waals surface area contributed by atoms with Gasteiger partial charge in [0.15, 0.2) is 0 Å². The molecular weight excluding hydrogens is 288 g/mol. The quantitative estimate of drug-likeness (QED) is 0.572. The molecule has 0 spiro atoms. The highest BCUT2D eigenvalue weighted by Crippen LogP contribution is 2.29. The first-order valence-corrected chi connectivity index (χ1v) is 9.65. The van der Waals surface area contributed by atoms with Crippen molar-refractivity contribution in [1.29, 1.82) is 0 Å². The van der Waals surface area contributed by atoms with Crippen molar-refractivity contribution >= 4 is 10.2 Å². The molecule has 6 nitrogen and oxygen atoms in total. The zero-order chi connectivity index (χ0) is 15.3. The van der Waals surface area contributed by atoms with E-state index in [1.54, 1.807) is 7.05 Å². The molecule has 1 saturated carbocycles. The van der Waals surface area contributed by atoms with Gasteiger partial charge in [-0.25, -0.2) is 0 Å². The molecule has 1 saturated heterocycles. The Balaban J connectivity index is 1.67. The fourth-order valence-electron chi connectivity index (χ4n) is 2.80. The van der Waals surface area contributed by atoms with E-state index in [2.05, 4.69) is 21.9 Å². The Hall–Kier alpha value is -0.210. The molecule has 2 fully saturated rings. The summed E-state index contributed by atoms with van der Waals surface area (Å²) in [4.78, 5) is 2.42. The highest BCUT2D eigenvalue weighted by molar-refractivity contribution is 7.87. The summed E-state index contributed by atoms with van der Waals surface area (Å²) in [7, 11) is -1.67. The van der Waals surface area contributed by atoms with Crippen LogP contribution in [0.5, 0.6) is 0 Å². The zero-order valence-corrected chi connectivity index (χ0v) is 14.2. The van der Waals surface area contributed by atoms with Gasteiger partial charge in [-0.3, -0.25) is 4.90 Å². The van der Waals surface area contributed by atoms with Gasteiger partial charge < -0.3 is 5.32 Å². The predicted octanol–water partition coefficient (Wildman–Crippen LogP) is 0.379. The van der Waals surface area contributed by atoms with E-state index in [-0.39, 0.29) is 6.04 Å². The van der Waals surface area contributed by atoms with Gasteiger partial charge in [0, 0.05) is 38.8 Å². The fraction of sp³-hybridized carbons (Fsp3) is 1.00. The van der Waals surface area contributed by atoms with Gasteiger partial charge in [0.2, 0.25) is 0 Å². The molecule has 0 aromatic heterocycles. The molecule has 0 aromatic carbocycles. The highest BCUT2D eigenvalue weighted by Gasteiger charge is 2.36. The average molecular weight is 318 g/mol. The molecule has 1 heterocycles. The summed E-state index contributed by atoms with van der Waals surface area (Å²) < 4.78 is 28.8. The van der Waals surface area contributed by atoms with Crippen molar-refractivity contribution in [3.05, 3.63) is 0 Å². The van der Waals surface area contributed by atoms with Crippen molar-refractivity contribution in [2.45, 2.75) is 51.1 Å². The Labute approximate surface area is 129 Å². The molecule has 2 N–H and O–H groups in total. The second kappa shape index (κ2) is 7.87. The number of hydrogen-bond acceptors (Lipinski definition) is 4. The molecule has 0 radical (unpaired) electrons. The van der Waals surface area contributed by atoms with Gasteiger partial charge in [0.05, 0.1) is 0 Å². The van der Waals surface area contributed by atoms with Crippen LogP contribution >= 0.6 is 0 Å². The van der Waals surface area contributed by atoms with Crippen molar-refractivity contribution < 1.29 is 8.42 Å². The number of nitrogens with zero attached hydrogens (tertiary/aromatic N) is 2. The lowest BCUT2D eigenvalue weighted by atomic mass is 10.3. The van der Waals surface area contributed by atoms with Gasteiger partial charge in [0.25, 0.3) is 10.2 Å². The number of hydrogen-bond donors (Lipinski definition) is 2. The van der Waals surface area contributed by atoms with E-state index in [0.29, 0.717) is 6.54 Å². The fourth-order valence-corrected chi connectivity index (χ4v) is 3.97. The molecule has 1 unspecified atom stereocenters. The predicted molar refractivity (Wildman–Crippen MR) is 85.5 cm³/mol. The van der Waals surface area contributed by atoms with Crippen LogP contribution < -0.4 is 10.0 Å². The Kier molecular flexibility index (Phi) is 6.43. The maximum Gasteiger partial charge on any atom is 0.279 e. The molecule has 1 atom stereocenters. The molecule has 1 aliphatic heterocycles. The number of likely N-dealkylation sites (tertiary alicyclic amines) is 1. The van der Waals surface area contributed by atoms with E-state index in [1.807, 2.05) is 0 Å². The van der Waals surface area contributed by atoms with Crippen LogP contribution in [0, 0.1) is 0 Å². The molecule has 0 amide bonds. The third kappa shape index (κ3) is 5.49. The summed E-state index contributed by atoms with van der Waals surface area (Å²) in [6.07, 6.45) is 5.45. The Morgan fingerprint density at radius 3 is 2.67 bits per heavy atom. The van der Waals surface area contributed by atoms with Gasteiger partial charge >= 0.3 is 0 Å². The average Bonchev–Trinajstić information content (AvgIpc) is 3.19. The minimum absolute atomic E-state index is 0.0799. The molecule has 124 valence electrons. The lowest BCUT2D eigenvalue weighted by Crippen LogP contribution is -2.45. The normalized spacial score (nSPS) is 24.0. The van der Waals surface area contributed by atoms with Crippen molar-refractivity contribution in [1.82, 2.24) is 19.2 Å². The van der Waals surface area contributed by atoms with Crippen LogP contribution in [0.15, 0.2) is 0 Å². The van der Waals surface area contributed by atoms with Crippen molar-refractivity contribution in [3.63, 3.8) is 0 Å². The molecule has 0 bridgehead atoms. The summed E-state index contributed by atoms with van der Waals surface area (Å²) in [5.41, 5.74) is 0. The number of nitrogens with one attached hydrogen (secondary N) is 2. The van der Waals surface area contributed by atoms with E-state index in [1.165, 1.54) is 17.1 Å². The second-order valence-corrected chi connectivity index (χ2v) is 8.07. The first kappa shape index (κ1) is 17.1. The van der Waals surface area contributed by atoms with E-state index >= 15 is 0 Å². The van der Waals surface area contributed by atoms with Crippen LogP contribution in [0.4, 0.5) is 0 Å². The SMILES string of the molecule is CCCNCCCN(C)S(=O)(=O)NC1CCN(C2CC2)C1. The summed E-state index contributed by atoms with van der Waals surface area (Å²) in [5.74, 6) is 0. The van der Waals surface area contributed by atoms with Crippen molar-refractivity contribution in [2.75, 3.05) is 39.8 Å². The van der Waals surface area contributed by atoms with Crippen molar-refractivity contribution in [2.24, 2.45) is 0 Å². The molecule has 2 aliphatic rings. The third-order valence-electron chi connectivity index (χ3n) is 4.26. The Bertz CT molecular complexity index is 411. The molecule has 7 heteroatoms. The lowest BCUT2D eigenvalue weighted by molar-refractivity contribution is 0.321. The largest absolute Gasteiger partial charge is 0.317 e. The standard InChI is InChI=1S/C14H30N4O2S/c1-3-8-15-9-4-10-17(2)21(19,20)16-13-7-11-18(12-13)14-5-6-14/h13-16H,3-12H2,1-2H3. The highest BCUT2D eigenvalue weighted by atomic mass is 32.2. The molecule has 0 aromatic rings. The maximum atomic E-state index is 12.3. The van der Waals surface area contributed by atoms with Crippen LogP contribution in [0.2, 0.25) is 0 Å². The topological polar surface area (TPSA) is 64.7 Å². The Morgan fingerprint density at radius 2 is 2.00 bits per heavy atom. The van der Waals surface area contributed by atoms with Gasteiger partial charge in [-0.1, -0.05) is 6.92 Å². The van der Waals surface area contributed by atoms with Gasteiger partial charge in [0.1, 0.15) is 0 Å². The monoisotopic (exact) mass is 318 g/mol. The molecule has 1 aliphatic carbocycles. The first-order chi connectivity index (χ1) is 10.0. The van der Waals surface area contributed by atoms with Crippen molar-refractivity contribution in [3.8, 4) is 0 Å². The van der Waals surface area contributed by atoms with E-state index in [0.717, 1.165) is 51.5 Å². The van der Waals surface area contributed by atoms with Crippen LogP contribution in [-0.4, -0.2) is 69.5 Å². The summed E-state index contributed by atoms with van der Waals surface area (Å²) in [6.45, 7) is 6.45. The van der Waals surface area contributed by atoms with Gasteiger partial charge in [-0.2, -0.15) is 17.4 Å². The van der Waals surface area contributed by atoms with E-state index in [9.17, 15) is 8.42 Å². The summed E-state index contributed by atoms with van der Waals surface area (Å²) in [6, 6.07) is 0.804. The third-order valence-corrected chi connectivity index (χ3v) is 5.90. The number of rotatable bonds is 10. The van der Waals surface area contributed by atoms with Crippen LogP contribution in [0.25, 0.3) is 0 Å². The summed E-state index contributed by atoms with van der Waals surface area (Å²) >= 11 is 0. The Morgan fingerprint density at radius 1 is 1.24 bits per heavy atom. The lowest BCUT2D eigenvalue weighted by Gasteiger charge is -2.21. The van der Waals surface area contributed by atoms with E-state index in [4.69, 9.17) is 0 Å². The molecule has 21 heavy (non-hydrogen) atoms. The second-order valence-electron chi connectivity index (χ2n) is 6.26. The summed E-state index contributed by atoms with van der Waals surface area (Å²) in [5, 5.41) is 3.29.